The van der Waals surface area contributed by atoms with Crippen LogP contribution >= 0.6 is 0 Å². The number of sulfonamides is 1. The van der Waals surface area contributed by atoms with E-state index in [2.05, 4.69) is 21.0 Å². The number of aromatic nitrogens is 3. The van der Waals surface area contributed by atoms with Crippen molar-refractivity contribution in [3.05, 3.63) is 53.1 Å². The Kier molecular flexibility index (Phi) is 5.81. The number of hydrogen-bond acceptors (Lipinski definition) is 5. The predicted molar refractivity (Wildman–Crippen MR) is 120 cm³/mol. The first-order valence-electron chi connectivity index (χ1n) is 10.5. The van der Waals surface area contributed by atoms with Crippen molar-refractivity contribution in [2.75, 3.05) is 24.2 Å². The molecule has 0 unspecified atom stereocenters. The van der Waals surface area contributed by atoms with Crippen LogP contribution in [0.15, 0.2) is 30.5 Å². The molecule has 0 fully saturated rings. The van der Waals surface area contributed by atoms with Crippen LogP contribution in [0.5, 0.6) is 0 Å². The molecule has 1 N–H and O–H groups in total. The number of aromatic amines is 1. The topological polar surface area (TPSA) is 99.3 Å². The van der Waals surface area contributed by atoms with Gasteiger partial charge in [0, 0.05) is 48.4 Å². The van der Waals surface area contributed by atoms with Crippen molar-refractivity contribution in [2.45, 2.75) is 39.7 Å². The van der Waals surface area contributed by atoms with Crippen LogP contribution in [0.25, 0.3) is 10.9 Å². The number of benzene rings is 1. The Morgan fingerprint density at radius 3 is 2.74 bits per heavy atom. The van der Waals surface area contributed by atoms with Crippen LogP contribution in [-0.2, 0) is 34.2 Å². The summed E-state index contributed by atoms with van der Waals surface area (Å²) in [6.07, 6.45) is 3.71. The Hall–Kier alpha value is -2.78. The number of hydrogen-bond donors (Lipinski definition) is 1. The quantitative estimate of drug-likeness (QED) is 0.608. The molecule has 31 heavy (non-hydrogen) atoms. The summed E-state index contributed by atoms with van der Waals surface area (Å²) in [7, 11) is -1.82. The maximum Gasteiger partial charge on any atom is 0.228 e. The lowest BCUT2D eigenvalue weighted by atomic mass is 10.0. The van der Waals surface area contributed by atoms with Gasteiger partial charge in [-0.3, -0.25) is 9.69 Å². The smallest absolute Gasteiger partial charge is 0.228 e. The zero-order chi connectivity index (χ0) is 22.2. The van der Waals surface area contributed by atoms with Gasteiger partial charge in [-0.25, -0.2) is 18.4 Å². The minimum Gasteiger partial charge on any atom is -0.361 e. The second kappa shape index (κ2) is 8.39. The first kappa shape index (κ1) is 21.5. The van der Waals surface area contributed by atoms with Crippen molar-refractivity contribution in [1.82, 2.24) is 19.3 Å². The second-order valence-electron chi connectivity index (χ2n) is 7.84. The SMILES string of the molecule is CCS(=O)(=O)N(C)Cc1nc(C)c2c(n1)N(CCc1c[nH]c3ccccc13)C(=O)CC2. The standard InChI is InChI=1S/C22H27N5O3S/c1-4-31(29,30)26(3)14-20-24-15(2)17-9-10-21(28)27(22(17)25-20)12-11-16-13-23-19-8-6-5-7-18(16)19/h5-8,13,23H,4,9-12,14H2,1-3H3. The predicted octanol–water partition coefficient (Wildman–Crippen LogP) is 2.57. The van der Waals surface area contributed by atoms with Crippen molar-refractivity contribution in [1.29, 1.82) is 0 Å². The van der Waals surface area contributed by atoms with E-state index in [-0.39, 0.29) is 18.2 Å². The summed E-state index contributed by atoms with van der Waals surface area (Å²) in [5.41, 5.74) is 3.98. The molecule has 0 atom stereocenters. The van der Waals surface area contributed by atoms with E-state index < -0.39 is 10.0 Å². The first-order chi connectivity index (χ1) is 14.8. The number of fused-ring (bicyclic) bond motifs is 2. The highest BCUT2D eigenvalue weighted by Gasteiger charge is 2.28. The molecule has 0 aliphatic carbocycles. The van der Waals surface area contributed by atoms with Gasteiger partial charge >= 0.3 is 0 Å². The number of anilines is 1. The van der Waals surface area contributed by atoms with E-state index in [4.69, 9.17) is 0 Å². The molecule has 1 aliphatic rings. The summed E-state index contributed by atoms with van der Waals surface area (Å²) in [5.74, 6) is 1.07. The van der Waals surface area contributed by atoms with Gasteiger partial charge in [0.25, 0.3) is 0 Å². The largest absolute Gasteiger partial charge is 0.361 e. The van der Waals surface area contributed by atoms with Crippen LogP contribution in [-0.4, -0.2) is 52.9 Å². The Bertz CT molecular complexity index is 1240. The molecule has 0 saturated heterocycles. The first-order valence-corrected chi connectivity index (χ1v) is 12.1. The van der Waals surface area contributed by atoms with Crippen LogP contribution in [0.4, 0.5) is 5.82 Å². The monoisotopic (exact) mass is 441 g/mol. The summed E-state index contributed by atoms with van der Waals surface area (Å²) in [6.45, 7) is 4.09. The van der Waals surface area contributed by atoms with E-state index >= 15 is 0 Å². The summed E-state index contributed by atoms with van der Waals surface area (Å²) in [6, 6.07) is 8.10. The Balaban J connectivity index is 1.62. The number of carbonyl (C=O) groups excluding carboxylic acids is 1. The van der Waals surface area contributed by atoms with Crippen molar-refractivity contribution >= 4 is 32.7 Å². The number of nitrogens with zero attached hydrogens (tertiary/aromatic N) is 4. The summed E-state index contributed by atoms with van der Waals surface area (Å²) >= 11 is 0. The molecular weight excluding hydrogens is 414 g/mol. The average molecular weight is 442 g/mol. The van der Waals surface area contributed by atoms with Crippen LogP contribution in [0, 0.1) is 6.92 Å². The van der Waals surface area contributed by atoms with Gasteiger partial charge in [-0.15, -0.1) is 0 Å². The normalized spacial score (nSPS) is 14.5. The van der Waals surface area contributed by atoms with Gasteiger partial charge in [0.2, 0.25) is 15.9 Å². The van der Waals surface area contributed by atoms with Crippen molar-refractivity contribution < 1.29 is 13.2 Å². The van der Waals surface area contributed by atoms with E-state index in [1.807, 2.05) is 31.3 Å². The number of carbonyl (C=O) groups is 1. The Labute approximate surface area is 182 Å². The lowest BCUT2D eigenvalue weighted by molar-refractivity contribution is -0.118. The minimum atomic E-state index is -3.35. The van der Waals surface area contributed by atoms with E-state index in [1.54, 1.807) is 11.8 Å². The van der Waals surface area contributed by atoms with E-state index in [1.165, 1.54) is 11.4 Å². The fourth-order valence-corrected chi connectivity index (χ4v) is 4.78. The number of amides is 1. The van der Waals surface area contributed by atoms with Gasteiger partial charge in [0.05, 0.1) is 12.3 Å². The minimum absolute atomic E-state index is 0.0165. The molecule has 2 aromatic heterocycles. The van der Waals surface area contributed by atoms with Gasteiger partial charge in [-0.2, -0.15) is 4.31 Å². The molecular formula is C22H27N5O3S. The highest BCUT2D eigenvalue weighted by atomic mass is 32.2. The molecule has 164 valence electrons. The highest BCUT2D eigenvalue weighted by Crippen LogP contribution is 2.29. The van der Waals surface area contributed by atoms with Gasteiger partial charge in [0.1, 0.15) is 11.6 Å². The maximum atomic E-state index is 12.8. The molecule has 0 bridgehead atoms. The lowest BCUT2D eigenvalue weighted by Gasteiger charge is -2.29. The van der Waals surface area contributed by atoms with E-state index in [9.17, 15) is 13.2 Å². The maximum absolute atomic E-state index is 12.8. The number of rotatable bonds is 7. The molecule has 0 spiro atoms. The van der Waals surface area contributed by atoms with E-state index in [0.29, 0.717) is 37.4 Å². The molecule has 9 heteroatoms. The molecule has 0 radical (unpaired) electrons. The van der Waals surface area contributed by atoms with Crippen LogP contribution in [0.3, 0.4) is 0 Å². The van der Waals surface area contributed by atoms with Crippen LogP contribution in [0.2, 0.25) is 0 Å². The molecule has 0 saturated carbocycles. The van der Waals surface area contributed by atoms with Gasteiger partial charge in [-0.1, -0.05) is 18.2 Å². The number of aryl methyl sites for hydroxylation is 1. The van der Waals surface area contributed by atoms with Crippen LogP contribution in [0.1, 0.15) is 36.0 Å². The zero-order valence-corrected chi connectivity index (χ0v) is 18.9. The molecule has 3 aromatic rings. The molecule has 1 amide bonds. The van der Waals surface area contributed by atoms with Crippen molar-refractivity contribution in [3.8, 4) is 0 Å². The average Bonchev–Trinajstić information content (AvgIpc) is 3.16. The van der Waals surface area contributed by atoms with E-state index in [0.717, 1.165) is 27.7 Å². The fraction of sp³-hybridized carbons (Fsp3) is 0.409. The molecule has 3 heterocycles. The summed E-state index contributed by atoms with van der Waals surface area (Å²) in [4.78, 5) is 26.9. The Morgan fingerprint density at radius 1 is 1.19 bits per heavy atom. The zero-order valence-electron chi connectivity index (χ0n) is 18.1. The van der Waals surface area contributed by atoms with Crippen LogP contribution < -0.4 is 4.90 Å². The molecule has 1 aliphatic heterocycles. The summed E-state index contributed by atoms with van der Waals surface area (Å²) in [5, 5.41) is 1.15. The second-order valence-corrected chi connectivity index (χ2v) is 10.2. The molecule has 8 nitrogen and oxygen atoms in total. The molecule has 1 aromatic carbocycles. The highest BCUT2D eigenvalue weighted by molar-refractivity contribution is 7.89. The summed E-state index contributed by atoms with van der Waals surface area (Å²) < 4.78 is 25.5. The van der Waals surface area contributed by atoms with Crippen molar-refractivity contribution in [3.63, 3.8) is 0 Å². The number of H-pyrrole nitrogens is 1. The third kappa shape index (κ3) is 4.20. The third-order valence-electron chi connectivity index (χ3n) is 5.87. The van der Waals surface area contributed by atoms with Gasteiger partial charge < -0.3 is 4.98 Å². The van der Waals surface area contributed by atoms with Crippen molar-refractivity contribution in [2.24, 2.45) is 0 Å². The Morgan fingerprint density at radius 2 is 1.97 bits per heavy atom. The number of nitrogens with one attached hydrogen (secondary N) is 1. The number of para-hydroxylation sites is 1. The molecule has 4 rings (SSSR count). The third-order valence-corrected chi connectivity index (χ3v) is 7.68. The van der Waals surface area contributed by atoms with Gasteiger partial charge in [-0.05, 0) is 38.3 Å². The fourth-order valence-electron chi connectivity index (χ4n) is 4.03. The lowest BCUT2D eigenvalue weighted by Crippen LogP contribution is -2.38. The van der Waals surface area contributed by atoms with Gasteiger partial charge in [0.15, 0.2) is 0 Å².